The standard InChI is InChI=1S/C31H29N7O2/c1-3-17-36-29-27(30(39)37(18-4-2)31(36)40)33-28(34-29)23-15-16-26(32-20-23)38-25(22-13-9-6-10-14-22)19-24(35-38)21-11-7-5-8-12-21/h5-16,19-20H,3-4,17-18H2,1-2H3,(H,33,34). The van der Waals surface area contributed by atoms with Gasteiger partial charge < -0.3 is 4.98 Å². The van der Waals surface area contributed by atoms with Gasteiger partial charge in [0.1, 0.15) is 11.3 Å². The number of benzene rings is 2. The molecule has 0 atom stereocenters. The molecule has 6 rings (SSSR count). The van der Waals surface area contributed by atoms with E-state index in [4.69, 9.17) is 10.1 Å². The Balaban J connectivity index is 1.44. The van der Waals surface area contributed by atoms with Crippen LogP contribution in [0.15, 0.2) is 94.6 Å². The second-order valence-electron chi connectivity index (χ2n) is 9.64. The summed E-state index contributed by atoms with van der Waals surface area (Å²) in [5, 5.41) is 4.89. The van der Waals surface area contributed by atoms with Crippen molar-refractivity contribution in [1.82, 2.24) is 33.9 Å². The monoisotopic (exact) mass is 531 g/mol. The van der Waals surface area contributed by atoms with Gasteiger partial charge in [0.2, 0.25) is 0 Å². The molecule has 0 fully saturated rings. The molecule has 200 valence electrons. The van der Waals surface area contributed by atoms with Crippen molar-refractivity contribution in [3.8, 4) is 39.7 Å². The lowest BCUT2D eigenvalue weighted by Gasteiger charge is -2.09. The van der Waals surface area contributed by atoms with Crippen LogP contribution in [0.3, 0.4) is 0 Å². The first-order chi connectivity index (χ1) is 19.6. The van der Waals surface area contributed by atoms with Crippen molar-refractivity contribution in [2.75, 3.05) is 0 Å². The summed E-state index contributed by atoms with van der Waals surface area (Å²) in [5.41, 5.74) is 4.53. The topological polar surface area (TPSA) is 103 Å². The van der Waals surface area contributed by atoms with Crippen LogP contribution < -0.4 is 11.2 Å². The number of hydrogen-bond acceptors (Lipinski definition) is 5. The molecule has 9 nitrogen and oxygen atoms in total. The molecule has 4 heterocycles. The highest BCUT2D eigenvalue weighted by molar-refractivity contribution is 5.75. The van der Waals surface area contributed by atoms with Crippen LogP contribution in [0.5, 0.6) is 0 Å². The third-order valence-corrected chi connectivity index (χ3v) is 6.84. The molecule has 0 radical (unpaired) electrons. The maximum Gasteiger partial charge on any atom is 0.332 e. The second kappa shape index (κ2) is 10.6. The lowest BCUT2D eigenvalue weighted by Crippen LogP contribution is -2.40. The zero-order valence-corrected chi connectivity index (χ0v) is 22.4. The SMILES string of the molecule is CCCn1c(=O)c2[nH]c(-c3ccc(-n4nc(-c5ccccc5)cc4-c4ccccc4)nc3)nc2n(CCC)c1=O. The summed E-state index contributed by atoms with van der Waals surface area (Å²) in [6.45, 7) is 4.77. The van der Waals surface area contributed by atoms with E-state index in [1.165, 1.54) is 4.57 Å². The molecule has 0 unspecified atom stereocenters. The molecule has 1 N–H and O–H groups in total. The van der Waals surface area contributed by atoms with Gasteiger partial charge in [0.15, 0.2) is 11.5 Å². The normalized spacial score (nSPS) is 11.3. The van der Waals surface area contributed by atoms with E-state index in [1.807, 2.05) is 91.3 Å². The molecule has 40 heavy (non-hydrogen) atoms. The van der Waals surface area contributed by atoms with Gasteiger partial charge in [-0.1, -0.05) is 74.5 Å². The molecule has 9 heteroatoms. The average molecular weight is 532 g/mol. The van der Waals surface area contributed by atoms with Crippen LogP contribution in [0.4, 0.5) is 0 Å². The van der Waals surface area contributed by atoms with Crippen LogP contribution in [0.2, 0.25) is 0 Å². The molecule has 6 aromatic rings. The zero-order chi connectivity index (χ0) is 27.6. The van der Waals surface area contributed by atoms with Gasteiger partial charge in [-0.2, -0.15) is 5.10 Å². The van der Waals surface area contributed by atoms with Gasteiger partial charge in [-0.25, -0.2) is 19.4 Å². The zero-order valence-electron chi connectivity index (χ0n) is 22.4. The van der Waals surface area contributed by atoms with Crippen molar-refractivity contribution >= 4 is 11.2 Å². The van der Waals surface area contributed by atoms with E-state index in [0.29, 0.717) is 47.9 Å². The van der Waals surface area contributed by atoms with Crippen LogP contribution in [-0.2, 0) is 13.1 Å². The fourth-order valence-electron chi connectivity index (χ4n) is 4.92. The lowest BCUT2D eigenvalue weighted by molar-refractivity contribution is 0.555. The maximum absolute atomic E-state index is 13.1. The minimum absolute atomic E-state index is 0.325. The minimum Gasteiger partial charge on any atom is -0.332 e. The predicted octanol–water partition coefficient (Wildman–Crippen LogP) is 5.29. The highest BCUT2D eigenvalue weighted by atomic mass is 16.2. The lowest BCUT2D eigenvalue weighted by atomic mass is 10.1. The van der Waals surface area contributed by atoms with Gasteiger partial charge in [0, 0.05) is 36.0 Å². The van der Waals surface area contributed by atoms with E-state index in [0.717, 1.165) is 28.9 Å². The van der Waals surface area contributed by atoms with Crippen LogP contribution in [-0.4, -0.2) is 33.9 Å². The number of hydrogen-bond donors (Lipinski definition) is 1. The Kier molecular flexibility index (Phi) is 6.69. The minimum atomic E-state index is -0.352. The number of aryl methyl sites for hydroxylation is 1. The third-order valence-electron chi connectivity index (χ3n) is 6.84. The third kappa shape index (κ3) is 4.45. The van der Waals surface area contributed by atoms with Gasteiger partial charge >= 0.3 is 5.69 Å². The molecule has 4 aromatic heterocycles. The largest absolute Gasteiger partial charge is 0.332 e. The highest BCUT2D eigenvalue weighted by Crippen LogP contribution is 2.28. The number of aromatic nitrogens is 7. The van der Waals surface area contributed by atoms with Crippen molar-refractivity contribution in [3.63, 3.8) is 0 Å². The fourth-order valence-corrected chi connectivity index (χ4v) is 4.92. The van der Waals surface area contributed by atoms with E-state index in [9.17, 15) is 9.59 Å². The van der Waals surface area contributed by atoms with E-state index in [1.54, 1.807) is 10.8 Å². The highest BCUT2D eigenvalue weighted by Gasteiger charge is 2.18. The number of nitrogens with one attached hydrogen (secondary N) is 1. The summed E-state index contributed by atoms with van der Waals surface area (Å²) in [6.07, 6.45) is 3.14. The van der Waals surface area contributed by atoms with Crippen molar-refractivity contribution in [1.29, 1.82) is 0 Å². The van der Waals surface area contributed by atoms with Crippen molar-refractivity contribution in [2.45, 2.75) is 39.8 Å². The first-order valence-corrected chi connectivity index (χ1v) is 13.5. The van der Waals surface area contributed by atoms with Gasteiger partial charge in [-0.05, 0) is 31.0 Å². The number of fused-ring (bicyclic) bond motifs is 1. The first kappa shape index (κ1) is 25.2. The van der Waals surface area contributed by atoms with Crippen LogP contribution in [0.1, 0.15) is 26.7 Å². The summed E-state index contributed by atoms with van der Waals surface area (Å²) >= 11 is 0. The van der Waals surface area contributed by atoms with Crippen molar-refractivity contribution < 1.29 is 0 Å². The molecule has 0 saturated carbocycles. The van der Waals surface area contributed by atoms with E-state index in [-0.39, 0.29) is 11.2 Å². The Morgan fingerprint density at radius 3 is 2.10 bits per heavy atom. The summed E-state index contributed by atoms with van der Waals surface area (Å²) in [6, 6.07) is 26.0. The Labute approximate surface area is 230 Å². The quantitative estimate of drug-likeness (QED) is 0.288. The van der Waals surface area contributed by atoms with Crippen LogP contribution in [0.25, 0.3) is 50.9 Å². The number of pyridine rings is 1. The number of imidazole rings is 1. The smallest absolute Gasteiger partial charge is 0.332 e. The molecule has 0 saturated heterocycles. The number of H-pyrrole nitrogens is 1. The van der Waals surface area contributed by atoms with Crippen LogP contribution in [0, 0.1) is 0 Å². The summed E-state index contributed by atoms with van der Waals surface area (Å²) < 4.78 is 4.70. The Bertz CT molecular complexity index is 1900. The van der Waals surface area contributed by atoms with Gasteiger partial charge in [-0.15, -0.1) is 0 Å². The molecular weight excluding hydrogens is 502 g/mol. The Morgan fingerprint density at radius 2 is 1.45 bits per heavy atom. The molecule has 0 aliphatic carbocycles. The van der Waals surface area contributed by atoms with E-state index >= 15 is 0 Å². The molecule has 0 bridgehead atoms. The summed E-state index contributed by atoms with van der Waals surface area (Å²) in [7, 11) is 0. The Hall–Kier alpha value is -5.05. The molecule has 2 aromatic carbocycles. The molecular formula is C31H29N7O2. The van der Waals surface area contributed by atoms with Crippen molar-refractivity contribution in [2.24, 2.45) is 0 Å². The number of aromatic amines is 1. The molecule has 0 aliphatic rings. The van der Waals surface area contributed by atoms with E-state index < -0.39 is 0 Å². The maximum atomic E-state index is 13.1. The fraction of sp³-hybridized carbons (Fsp3) is 0.194. The van der Waals surface area contributed by atoms with Gasteiger partial charge in [0.05, 0.1) is 11.4 Å². The van der Waals surface area contributed by atoms with Gasteiger partial charge in [-0.3, -0.25) is 13.9 Å². The first-order valence-electron chi connectivity index (χ1n) is 13.5. The summed E-state index contributed by atoms with van der Waals surface area (Å²) in [5.74, 6) is 1.13. The molecule has 0 aliphatic heterocycles. The number of rotatable bonds is 8. The summed E-state index contributed by atoms with van der Waals surface area (Å²) in [4.78, 5) is 38.7. The molecule has 0 spiro atoms. The van der Waals surface area contributed by atoms with Gasteiger partial charge in [0.25, 0.3) is 5.56 Å². The average Bonchev–Trinajstić information content (AvgIpc) is 3.65. The number of nitrogens with zero attached hydrogens (tertiary/aromatic N) is 6. The van der Waals surface area contributed by atoms with Crippen molar-refractivity contribution in [3.05, 3.63) is 106 Å². The van der Waals surface area contributed by atoms with E-state index in [2.05, 4.69) is 16.0 Å². The predicted molar refractivity (Wildman–Crippen MR) is 156 cm³/mol. The van der Waals surface area contributed by atoms with Crippen LogP contribution >= 0.6 is 0 Å². The molecule has 0 amide bonds. The Morgan fingerprint density at radius 1 is 0.775 bits per heavy atom. The second-order valence-corrected chi connectivity index (χ2v) is 9.64.